The van der Waals surface area contributed by atoms with Crippen LogP contribution < -0.4 is 0 Å². The van der Waals surface area contributed by atoms with E-state index in [0.29, 0.717) is 11.1 Å². The minimum atomic E-state index is -2.12. The highest BCUT2D eigenvalue weighted by Crippen LogP contribution is 2.36. The number of hydrogen-bond donors (Lipinski definition) is 1. The smallest absolute Gasteiger partial charge is 0.200 e. The van der Waals surface area contributed by atoms with Gasteiger partial charge in [-0.2, -0.15) is 0 Å². The van der Waals surface area contributed by atoms with Crippen molar-refractivity contribution in [1.29, 1.82) is 0 Å². The monoisotopic (exact) mass is 320 g/mol. The molecule has 1 N–H and O–H groups in total. The molecule has 24 heavy (non-hydrogen) atoms. The van der Waals surface area contributed by atoms with Gasteiger partial charge >= 0.3 is 0 Å². The number of rotatable bonds is 5. The zero-order chi connectivity index (χ0) is 17.0. The van der Waals surface area contributed by atoms with Crippen molar-refractivity contribution < 1.29 is 14.3 Å². The lowest BCUT2D eigenvalue weighted by Crippen LogP contribution is -2.43. The van der Waals surface area contributed by atoms with Gasteiger partial charge in [0.2, 0.25) is 5.78 Å². The fraction of sp³-hybridized carbons (Fsp3) is 0.0952. The summed E-state index contributed by atoms with van der Waals surface area (Å²) in [6, 6.07) is 25.1. The summed E-state index contributed by atoms with van der Waals surface area (Å²) in [7, 11) is 0. The summed E-state index contributed by atoms with van der Waals surface area (Å²) >= 11 is 0. The minimum absolute atomic E-state index is 0.232. The number of carbonyl (C=O) groups is 1. The van der Waals surface area contributed by atoms with E-state index in [-0.39, 0.29) is 5.56 Å². The van der Waals surface area contributed by atoms with Crippen LogP contribution in [-0.2, 0) is 5.60 Å². The van der Waals surface area contributed by atoms with Gasteiger partial charge in [-0.25, -0.2) is 4.39 Å². The van der Waals surface area contributed by atoms with Gasteiger partial charge in [-0.15, -0.1) is 0 Å². The SMILES string of the molecule is O=C(c1ccccc1)[C@H](F)C(O)(c1ccccc1)c1ccccc1. The summed E-state index contributed by atoms with van der Waals surface area (Å²) in [5.41, 5.74) is -1.13. The third kappa shape index (κ3) is 2.86. The first-order valence-electron chi connectivity index (χ1n) is 7.71. The molecule has 2 nitrogen and oxygen atoms in total. The molecule has 3 aromatic rings. The maximum Gasteiger partial charge on any atom is 0.200 e. The highest BCUT2D eigenvalue weighted by Gasteiger charge is 2.45. The van der Waals surface area contributed by atoms with Gasteiger partial charge in [-0.1, -0.05) is 91.0 Å². The Kier molecular flexibility index (Phi) is 4.54. The van der Waals surface area contributed by atoms with Gasteiger partial charge in [0.25, 0.3) is 0 Å². The molecule has 0 unspecified atom stereocenters. The van der Waals surface area contributed by atoms with Crippen LogP contribution in [0.15, 0.2) is 91.0 Å². The minimum Gasteiger partial charge on any atom is -0.377 e. The van der Waals surface area contributed by atoms with Gasteiger partial charge in [0.15, 0.2) is 11.8 Å². The Morgan fingerprint density at radius 3 is 1.54 bits per heavy atom. The Morgan fingerprint density at radius 1 is 0.750 bits per heavy atom. The molecular weight excluding hydrogens is 303 g/mol. The summed E-state index contributed by atoms with van der Waals surface area (Å²) in [5, 5.41) is 11.3. The Balaban J connectivity index is 2.10. The van der Waals surface area contributed by atoms with Crippen molar-refractivity contribution in [2.75, 3.05) is 0 Å². The average molecular weight is 320 g/mol. The second-order valence-corrected chi connectivity index (χ2v) is 5.59. The molecule has 0 aliphatic heterocycles. The van der Waals surface area contributed by atoms with Gasteiger partial charge < -0.3 is 5.11 Å². The predicted molar refractivity (Wildman–Crippen MR) is 91.6 cm³/mol. The van der Waals surface area contributed by atoms with E-state index in [2.05, 4.69) is 0 Å². The predicted octanol–water partition coefficient (Wildman–Crippen LogP) is 4.14. The number of Topliss-reactive ketones (excluding diaryl/α,β-unsaturated/α-hetero) is 1. The third-order valence-electron chi connectivity index (χ3n) is 4.08. The van der Waals surface area contributed by atoms with E-state index < -0.39 is 17.6 Å². The molecule has 3 heteroatoms. The average Bonchev–Trinajstić information content (AvgIpc) is 2.68. The molecule has 0 spiro atoms. The summed E-state index contributed by atoms with van der Waals surface area (Å²) < 4.78 is 15.3. The first-order chi connectivity index (χ1) is 11.6. The van der Waals surface area contributed by atoms with Crippen LogP contribution >= 0.6 is 0 Å². The van der Waals surface area contributed by atoms with Crippen LogP contribution in [0.3, 0.4) is 0 Å². The Labute approximate surface area is 140 Å². The second kappa shape index (κ2) is 6.77. The molecule has 0 aliphatic carbocycles. The molecular formula is C21H17FO2. The summed E-state index contributed by atoms with van der Waals surface area (Å²) in [6.45, 7) is 0. The van der Waals surface area contributed by atoms with Crippen molar-refractivity contribution in [3.63, 3.8) is 0 Å². The van der Waals surface area contributed by atoms with E-state index in [4.69, 9.17) is 0 Å². The van der Waals surface area contributed by atoms with Crippen LogP contribution in [0.1, 0.15) is 21.5 Å². The number of benzene rings is 3. The lowest BCUT2D eigenvalue weighted by molar-refractivity contribution is 0.00253. The summed E-state index contributed by atoms with van der Waals surface area (Å²) in [4.78, 5) is 12.6. The molecule has 0 fully saturated rings. The number of hydrogen-bond acceptors (Lipinski definition) is 2. The Morgan fingerprint density at radius 2 is 1.12 bits per heavy atom. The van der Waals surface area contributed by atoms with Gasteiger partial charge in [-0.3, -0.25) is 4.79 Å². The molecule has 120 valence electrons. The number of carbonyl (C=O) groups excluding carboxylic acids is 1. The van der Waals surface area contributed by atoms with Gasteiger partial charge in [-0.05, 0) is 11.1 Å². The molecule has 0 radical (unpaired) electrons. The fourth-order valence-electron chi connectivity index (χ4n) is 2.78. The van der Waals surface area contributed by atoms with Crippen molar-refractivity contribution in [1.82, 2.24) is 0 Å². The van der Waals surface area contributed by atoms with Crippen LogP contribution in [0, 0.1) is 0 Å². The van der Waals surface area contributed by atoms with Crippen LogP contribution in [0.4, 0.5) is 4.39 Å². The summed E-state index contributed by atoms with van der Waals surface area (Å²) in [6.07, 6.45) is -2.12. The second-order valence-electron chi connectivity index (χ2n) is 5.59. The molecule has 3 aromatic carbocycles. The standard InChI is InChI=1S/C21H17FO2/c22-20(19(23)16-10-4-1-5-11-16)21(24,17-12-6-2-7-13-17)18-14-8-3-9-15-18/h1-15,20,24H/t20-/m0/s1. The van der Waals surface area contributed by atoms with Crippen molar-refractivity contribution in [3.05, 3.63) is 108 Å². The highest BCUT2D eigenvalue weighted by atomic mass is 19.1. The lowest BCUT2D eigenvalue weighted by Gasteiger charge is -2.32. The molecule has 0 aliphatic rings. The van der Waals surface area contributed by atoms with E-state index in [0.717, 1.165) is 0 Å². The van der Waals surface area contributed by atoms with E-state index >= 15 is 4.39 Å². The van der Waals surface area contributed by atoms with E-state index in [1.165, 1.54) is 0 Å². The Bertz CT molecular complexity index is 762. The first-order valence-corrected chi connectivity index (χ1v) is 7.71. The molecule has 0 bridgehead atoms. The van der Waals surface area contributed by atoms with Gasteiger partial charge in [0.1, 0.15) is 0 Å². The molecule has 0 heterocycles. The zero-order valence-corrected chi connectivity index (χ0v) is 13.0. The number of aliphatic hydroxyl groups is 1. The van der Waals surface area contributed by atoms with Crippen molar-refractivity contribution in [2.45, 2.75) is 11.8 Å². The van der Waals surface area contributed by atoms with Crippen LogP contribution in [0.25, 0.3) is 0 Å². The van der Waals surface area contributed by atoms with Crippen molar-refractivity contribution in [2.24, 2.45) is 0 Å². The van der Waals surface area contributed by atoms with E-state index in [9.17, 15) is 9.90 Å². The molecule has 0 saturated carbocycles. The Hall–Kier alpha value is -2.78. The number of alkyl halides is 1. The zero-order valence-electron chi connectivity index (χ0n) is 13.0. The molecule has 0 aromatic heterocycles. The number of halogens is 1. The molecule has 0 saturated heterocycles. The van der Waals surface area contributed by atoms with Crippen LogP contribution in [0.2, 0.25) is 0 Å². The maximum atomic E-state index is 15.3. The largest absolute Gasteiger partial charge is 0.377 e. The van der Waals surface area contributed by atoms with Crippen molar-refractivity contribution in [3.8, 4) is 0 Å². The highest BCUT2D eigenvalue weighted by molar-refractivity contribution is 6.00. The van der Waals surface area contributed by atoms with Crippen molar-refractivity contribution >= 4 is 5.78 Å². The summed E-state index contributed by atoms with van der Waals surface area (Å²) in [5.74, 6) is -0.745. The van der Waals surface area contributed by atoms with E-state index in [1.807, 2.05) is 0 Å². The molecule has 3 rings (SSSR count). The van der Waals surface area contributed by atoms with Crippen LogP contribution in [0.5, 0.6) is 0 Å². The van der Waals surface area contributed by atoms with Gasteiger partial charge in [0, 0.05) is 5.56 Å². The topological polar surface area (TPSA) is 37.3 Å². The quantitative estimate of drug-likeness (QED) is 0.717. The van der Waals surface area contributed by atoms with E-state index in [1.54, 1.807) is 91.0 Å². The van der Waals surface area contributed by atoms with Gasteiger partial charge in [0.05, 0.1) is 0 Å². The maximum absolute atomic E-state index is 15.3. The van der Waals surface area contributed by atoms with Crippen LogP contribution in [-0.4, -0.2) is 17.1 Å². The first kappa shape index (κ1) is 16.1. The lowest BCUT2D eigenvalue weighted by atomic mass is 9.80. The third-order valence-corrected chi connectivity index (χ3v) is 4.08. The normalized spacial score (nSPS) is 12.6. The fourth-order valence-corrected chi connectivity index (χ4v) is 2.78. The molecule has 0 amide bonds. The number of ketones is 1. The molecule has 1 atom stereocenters.